The molecule has 0 aliphatic heterocycles. The van der Waals surface area contributed by atoms with E-state index in [1.807, 2.05) is 6.92 Å². The van der Waals surface area contributed by atoms with Crippen molar-refractivity contribution in [1.82, 2.24) is 9.55 Å². The molecule has 0 spiro atoms. The largest absolute Gasteiger partial charge is 0.332 e. The molecule has 2 aromatic rings. The number of hydrogen-bond acceptors (Lipinski definition) is 3. The van der Waals surface area contributed by atoms with Crippen LogP contribution in [0.4, 0.5) is 4.39 Å². The SMILES string of the molecule is Cc1ccc(F)cc1Cn1cnc(S(N)(=O)=O)c1. The average Bonchev–Trinajstić information content (AvgIpc) is 2.71. The molecule has 0 fully saturated rings. The smallest absolute Gasteiger partial charge is 0.257 e. The van der Waals surface area contributed by atoms with E-state index in [1.54, 1.807) is 10.6 Å². The third kappa shape index (κ3) is 2.74. The van der Waals surface area contributed by atoms with E-state index in [2.05, 4.69) is 4.98 Å². The molecule has 2 N–H and O–H groups in total. The summed E-state index contributed by atoms with van der Waals surface area (Å²) in [5.41, 5.74) is 1.68. The number of rotatable bonds is 3. The molecule has 2 rings (SSSR count). The molecule has 18 heavy (non-hydrogen) atoms. The van der Waals surface area contributed by atoms with Gasteiger partial charge < -0.3 is 4.57 Å². The Labute approximate surface area is 104 Å². The van der Waals surface area contributed by atoms with Gasteiger partial charge in [-0.1, -0.05) is 6.07 Å². The van der Waals surface area contributed by atoms with Crippen LogP contribution in [0.3, 0.4) is 0 Å². The monoisotopic (exact) mass is 269 g/mol. The summed E-state index contributed by atoms with van der Waals surface area (Å²) >= 11 is 0. The number of aryl methyl sites for hydroxylation is 1. The Morgan fingerprint density at radius 3 is 2.78 bits per heavy atom. The normalized spacial score (nSPS) is 11.7. The minimum atomic E-state index is -3.80. The molecule has 1 aromatic carbocycles. The molecule has 0 amide bonds. The number of benzene rings is 1. The third-order valence-electron chi connectivity index (χ3n) is 2.57. The fourth-order valence-corrected chi connectivity index (χ4v) is 2.06. The number of nitrogens with two attached hydrogens (primary N) is 1. The molecule has 1 aromatic heterocycles. The van der Waals surface area contributed by atoms with Crippen LogP contribution < -0.4 is 5.14 Å². The van der Waals surface area contributed by atoms with Gasteiger partial charge in [-0.05, 0) is 30.2 Å². The van der Waals surface area contributed by atoms with Crippen LogP contribution in [0.15, 0.2) is 35.7 Å². The lowest BCUT2D eigenvalue weighted by atomic mass is 10.1. The first kappa shape index (κ1) is 12.7. The highest BCUT2D eigenvalue weighted by molar-refractivity contribution is 7.89. The van der Waals surface area contributed by atoms with E-state index < -0.39 is 10.0 Å². The van der Waals surface area contributed by atoms with E-state index in [4.69, 9.17) is 5.14 Å². The van der Waals surface area contributed by atoms with Gasteiger partial charge in [0.05, 0.1) is 6.33 Å². The fraction of sp³-hybridized carbons (Fsp3) is 0.182. The van der Waals surface area contributed by atoms with E-state index in [1.165, 1.54) is 24.7 Å². The Morgan fingerprint density at radius 1 is 1.44 bits per heavy atom. The van der Waals surface area contributed by atoms with Crippen LogP contribution in [-0.2, 0) is 16.6 Å². The van der Waals surface area contributed by atoms with Crippen LogP contribution in [0.25, 0.3) is 0 Å². The number of hydrogen-bond donors (Lipinski definition) is 1. The van der Waals surface area contributed by atoms with Crippen molar-refractivity contribution in [3.8, 4) is 0 Å². The van der Waals surface area contributed by atoms with Gasteiger partial charge in [0.2, 0.25) is 0 Å². The minimum Gasteiger partial charge on any atom is -0.332 e. The molecular formula is C11H12FN3O2S. The van der Waals surface area contributed by atoms with Gasteiger partial charge in [-0.15, -0.1) is 0 Å². The van der Waals surface area contributed by atoms with E-state index >= 15 is 0 Å². The molecule has 1 heterocycles. The van der Waals surface area contributed by atoms with Crippen molar-refractivity contribution in [3.05, 3.63) is 47.7 Å². The lowest BCUT2D eigenvalue weighted by Crippen LogP contribution is -2.12. The van der Waals surface area contributed by atoms with E-state index in [0.29, 0.717) is 6.54 Å². The first-order chi connectivity index (χ1) is 8.36. The van der Waals surface area contributed by atoms with Gasteiger partial charge in [0.1, 0.15) is 5.82 Å². The molecule has 0 saturated carbocycles. The average molecular weight is 269 g/mol. The summed E-state index contributed by atoms with van der Waals surface area (Å²) in [6.07, 6.45) is 2.67. The van der Waals surface area contributed by atoms with E-state index in [-0.39, 0.29) is 10.8 Å². The lowest BCUT2D eigenvalue weighted by molar-refractivity contribution is 0.594. The molecule has 0 saturated heterocycles. The number of sulfonamides is 1. The lowest BCUT2D eigenvalue weighted by Gasteiger charge is -2.06. The molecule has 5 nitrogen and oxygen atoms in total. The standard InChI is InChI=1S/C11H12FN3O2S/c1-8-2-3-10(12)4-9(8)5-15-6-11(14-7-15)18(13,16)17/h2-4,6-7H,5H2,1H3,(H2,13,16,17). The predicted molar refractivity (Wildman–Crippen MR) is 63.8 cm³/mol. The first-order valence-corrected chi connectivity index (χ1v) is 6.70. The summed E-state index contributed by atoms with van der Waals surface area (Å²) in [5, 5.41) is 4.76. The highest BCUT2D eigenvalue weighted by Gasteiger charge is 2.11. The third-order valence-corrected chi connectivity index (χ3v) is 3.36. The highest BCUT2D eigenvalue weighted by Crippen LogP contribution is 2.13. The van der Waals surface area contributed by atoms with Gasteiger partial charge in [-0.3, -0.25) is 0 Å². The van der Waals surface area contributed by atoms with Gasteiger partial charge in [0.15, 0.2) is 5.03 Å². The minimum absolute atomic E-state index is 0.198. The van der Waals surface area contributed by atoms with Gasteiger partial charge in [0.25, 0.3) is 10.0 Å². The summed E-state index contributed by atoms with van der Waals surface area (Å²) in [6.45, 7) is 2.19. The van der Waals surface area contributed by atoms with Crippen molar-refractivity contribution in [2.24, 2.45) is 5.14 Å². The van der Waals surface area contributed by atoms with Crippen molar-refractivity contribution >= 4 is 10.0 Å². The van der Waals surface area contributed by atoms with Gasteiger partial charge in [-0.2, -0.15) is 0 Å². The molecule has 0 atom stereocenters. The topological polar surface area (TPSA) is 78.0 Å². The number of halogens is 1. The molecule has 0 unspecified atom stereocenters. The summed E-state index contributed by atoms with van der Waals surface area (Å²) in [6, 6.07) is 4.46. The maximum atomic E-state index is 13.1. The Hall–Kier alpha value is -1.73. The zero-order valence-electron chi connectivity index (χ0n) is 9.67. The van der Waals surface area contributed by atoms with Crippen LogP contribution in [-0.4, -0.2) is 18.0 Å². The Morgan fingerprint density at radius 2 is 2.17 bits per heavy atom. The van der Waals surface area contributed by atoms with Crippen molar-refractivity contribution < 1.29 is 12.8 Å². The second kappa shape index (κ2) is 4.51. The Bertz CT molecular complexity index is 679. The van der Waals surface area contributed by atoms with Crippen LogP contribution in [0.1, 0.15) is 11.1 Å². The molecular weight excluding hydrogens is 257 g/mol. The quantitative estimate of drug-likeness (QED) is 0.903. The molecule has 0 radical (unpaired) electrons. The zero-order chi connectivity index (χ0) is 13.3. The van der Waals surface area contributed by atoms with Gasteiger partial charge in [0, 0.05) is 12.7 Å². The summed E-state index contributed by atoms with van der Waals surface area (Å²) in [7, 11) is -3.80. The maximum absolute atomic E-state index is 13.1. The predicted octanol–water partition coefficient (Wildman–Crippen LogP) is 1.03. The fourth-order valence-electron chi connectivity index (χ4n) is 1.58. The summed E-state index contributed by atoms with van der Waals surface area (Å²) in [4.78, 5) is 3.69. The molecule has 96 valence electrons. The number of primary sulfonamides is 1. The van der Waals surface area contributed by atoms with Crippen LogP contribution in [0, 0.1) is 12.7 Å². The van der Waals surface area contributed by atoms with Gasteiger partial charge >= 0.3 is 0 Å². The number of aromatic nitrogens is 2. The molecule has 0 aliphatic rings. The van der Waals surface area contributed by atoms with Crippen molar-refractivity contribution in [3.63, 3.8) is 0 Å². The van der Waals surface area contributed by atoms with Crippen LogP contribution in [0.5, 0.6) is 0 Å². The van der Waals surface area contributed by atoms with Crippen molar-refractivity contribution in [1.29, 1.82) is 0 Å². The van der Waals surface area contributed by atoms with Gasteiger partial charge in [-0.25, -0.2) is 22.9 Å². The number of nitrogens with zero attached hydrogens (tertiary/aromatic N) is 2. The highest BCUT2D eigenvalue weighted by atomic mass is 32.2. The molecule has 0 aliphatic carbocycles. The van der Waals surface area contributed by atoms with Crippen LogP contribution in [0.2, 0.25) is 0 Å². The Kier molecular flexibility index (Phi) is 3.18. The van der Waals surface area contributed by atoms with E-state index in [9.17, 15) is 12.8 Å². The maximum Gasteiger partial charge on any atom is 0.257 e. The van der Waals surface area contributed by atoms with Crippen molar-refractivity contribution in [2.75, 3.05) is 0 Å². The Balaban J connectivity index is 2.29. The summed E-state index contributed by atoms with van der Waals surface area (Å²) in [5.74, 6) is -0.331. The zero-order valence-corrected chi connectivity index (χ0v) is 10.5. The number of imidazole rings is 1. The van der Waals surface area contributed by atoms with Crippen LogP contribution >= 0.6 is 0 Å². The van der Waals surface area contributed by atoms with E-state index in [0.717, 1.165) is 11.1 Å². The second-order valence-corrected chi connectivity index (χ2v) is 5.51. The molecule has 7 heteroatoms. The molecule has 0 bridgehead atoms. The second-order valence-electron chi connectivity index (χ2n) is 4.00. The van der Waals surface area contributed by atoms with Crippen molar-refractivity contribution in [2.45, 2.75) is 18.5 Å². The first-order valence-electron chi connectivity index (χ1n) is 5.16. The summed E-state index contributed by atoms with van der Waals surface area (Å²) < 4.78 is 36.8.